The number of para-hydroxylation sites is 1. The highest BCUT2D eigenvalue weighted by Gasteiger charge is 2.34. The van der Waals surface area contributed by atoms with E-state index in [1.54, 1.807) is 67.8 Å². The van der Waals surface area contributed by atoms with Gasteiger partial charge in [0.15, 0.2) is 0 Å². The van der Waals surface area contributed by atoms with Crippen molar-refractivity contribution in [3.63, 3.8) is 0 Å². The van der Waals surface area contributed by atoms with E-state index in [4.69, 9.17) is 4.74 Å². The third kappa shape index (κ3) is 8.95. The maximum absolute atomic E-state index is 14.5. The molecule has 4 aromatic rings. The summed E-state index contributed by atoms with van der Waals surface area (Å²) in [6, 6.07) is 31.0. The maximum atomic E-state index is 14.5. The number of amides is 2. The molecule has 0 aliphatic carbocycles. The SMILES string of the molecule is CCCCNC(=O)C(Cc1ccccc1)N(Cc1cccc(OC)c1)C(=O)CN(c1ccccc1)S(=O)(=O)c1ccc(C)cc1. The number of anilines is 1. The Morgan fingerprint density at radius 2 is 1.49 bits per heavy atom. The lowest BCUT2D eigenvalue weighted by molar-refractivity contribution is -0.140. The molecule has 4 aromatic carbocycles. The molecule has 9 heteroatoms. The zero-order chi connectivity index (χ0) is 32.2. The first-order chi connectivity index (χ1) is 21.7. The van der Waals surface area contributed by atoms with E-state index < -0.39 is 28.5 Å². The van der Waals surface area contributed by atoms with E-state index in [-0.39, 0.29) is 23.8 Å². The molecule has 45 heavy (non-hydrogen) atoms. The molecule has 0 saturated carbocycles. The Morgan fingerprint density at radius 3 is 2.13 bits per heavy atom. The van der Waals surface area contributed by atoms with Crippen LogP contribution in [-0.2, 0) is 32.6 Å². The lowest BCUT2D eigenvalue weighted by Gasteiger charge is -2.34. The first-order valence-electron chi connectivity index (χ1n) is 15.1. The number of benzene rings is 4. The summed E-state index contributed by atoms with van der Waals surface area (Å²) in [5.74, 6) is -0.195. The van der Waals surface area contributed by atoms with Crippen LogP contribution in [0.15, 0.2) is 114 Å². The fraction of sp³-hybridized carbons (Fsp3) is 0.278. The predicted octanol–water partition coefficient (Wildman–Crippen LogP) is 5.76. The summed E-state index contributed by atoms with van der Waals surface area (Å²) in [4.78, 5) is 29.9. The van der Waals surface area contributed by atoms with Gasteiger partial charge in [-0.2, -0.15) is 0 Å². The van der Waals surface area contributed by atoms with Crippen molar-refractivity contribution in [3.05, 3.63) is 126 Å². The van der Waals surface area contributed by atoms with E-state index in [0.717, 1.165) is 33.8 Å². The van der Waals surface area contributed by atoms with Crippen LogP contribution in [0.5, 0.6) is 5.75 Å². The van der Waals surface area contributed by atoms with Crippen molar-refractivity contribution in [1.82, 2.24) is 10.2 Å². The van der Waals surface area contributed by atoms with Crippen molar-refractivity contribution >= 4 is 27.5 Å². The second-order valence-electron chi connectivity index (χ2n) is 10.9. The molecule has 2 amide bonds. The number of carbonyl (C=O) groups is 2. The number of hydrogen-bond acceptors (Lipinski definition) is 5. The summed E-state index contributed by atoms with van der Waals surface area (Å²) in [5, 5.41) is 3.00. The van der Waals surface area contributed by atoms with Crippen LogP contribution in [0.1, 0.15) is 36.5 Å². The topological polar surface area (TPSA) is 96.0 Å². The molecule has 236 valence electrons. The van der Waals surface area contributed by atoms with Gasteiger partial charge in [0.25, 0.3) is 10.0 Å². The van der Waals surface area contributed by atoms with Gasteiger partial charge in [0.05, 0.1) is 17.7 Å². The molecule has 0 bridgehead atoms. The Kier molecular flexibility index (Phi) is 11.8. The van der Waals surface area contributed by atoms with E-state index in [0.29, 0.717) is 18.0 Å². The van der Waals surface area contributed by atoms with E-state index in [1.165, 1.54) is 4.90 Å². The first-order valence-corrected chi connectivity index (χ1v) is 16.6. The molecule has 0 saturated heterocycles. The molecule has 0 spiro atoms. The highest BCUT2D eigenvalue weighted by atomic mass is 32.2. The van der Waals surface area contributed by atoms with Crippen LogP contribution in [0.25, 0.3) is 0 Å². The van der Waals surface area contributed by atoms with Crippen molar-refractivity contribution in [2.45, 2.75) is 50.6 Å². The Bertz CT molecular complexity index is 1650. The fourth-order valence-electron chi connectivity index (χ4n) is 4.99. The van der Waals surface area contributed by atoms with E-state index in [1.807, 2.05) is 62.4 Å². The number of nitrogens with zero attached hydrogens (tertiary/aromatic N) is 2. The largest absolute Gasteiger partial charge is 0.497 e. The summed E-state index contributed by atoms with van der Waals surface area (Å²) < 4.78 is 34.7. The quantitative estimate of drug-likeness (QED) is 0.169. The zero-order valence-electron chi connectivity index (χ0n) is 26.1. The highest BCUT2D eigenvalue weighted by molar-refractivity contribution is 7.92. The average molecular weight is 628 g/mol. The van der Waals surface area contributed by atoms with Gasteiger partial charge < -0.3 is 15.0 Å². The molecule has 0 heterocycles. The first kappa shape index (κ1) is 33.3. The Morgan fingerprint density at radius 1 is 0.844 bits per heavy atom. The standard InChI is InChI=1S/C36H41N3O5S/c1-4-5-23-37-36(41)34(25-29-13-8-6-9-14-29)38(26-30-15-12-18-32(24-30)44-3)35(40)27-39(31-16-10-7-11-17-31)45(42,43)33-21-19-28(2)20-22-33/h6-22,24,34H,4-5,23,25-27H2,1-3H3,(H,37,41). The molecule has 0 aliphatic heterocycles. The van der Waals surface area contributed by atoms with Crippen molar-refractivity contribution in [1.29, 1.82) is 0 Å². The van der Waals surface area contributed by atoms with Crippen molar-refractivity contribution in [3.8, 4) is 5.75 Å². The lowest BCUT2D eigenvalue weighted by atomic mass is 10.0. The van der Waals surface area contributed by atoms with Crippen LogP contribution in [0.3, 0.4) is 0 Å². The summed E-state index contributed by atoms with van der Waals surface area (Å²) in [6.45, 7) is 3.96. The number of sulfonamides is 1. The fourth-order valence-corrected chi connectivity index (χ4v) is 6.40. The van der Waals surface area contributed by atoms with Gasteiger partial charge in [-0.15, -0.1) is 0 Å². The summed E-state index contributed by atoms with van der Waals surface area (Å²) in [7, 11) is -2.58. The number of aryl methyl sites for hydroxylation is 1. The zero-order valence-corrected chi connectivity index (χ0v) is 26.9. The third-order valence-corrected chi connectivity index (χ3v) is 9.31. The van der Waals surface area contributed by atoms with Crippen molar-refractivity contribution < 1.29 is 22.7 Å². The molecule has 0 aromatic heterocycles. The van der Waals surface area contributed by atoms with Crippen LogP contribution in [0, 0.1) is 6.92 Å². The van der Waals surface area contributed by atoms with Gasteiger partial charge in [-0.3, -0.25) is 13.9 Å². The van der Waals surface area contributed by atoms with Gasteiger partial charge in [0, 0.05) is 19.5 Å². The summed E-state index contributed by atoms with van der Waals surface area (Å²) in [5.41, 5.74) is 2.89. The van der Waals surface area contributed by atoms with Gasteiger partial charge in [0.1, 0.15) is 18.3 Å². The van der Waals surface area contributed by atoms with Crippen LogP contribution in [-0.4, -0.2) is 51.4 Å². The van der Waals surface area contributed by atoms with Gasteiger partial charge in [-0.25, -0.2) is 8.42 Å². The van der Waals surface area contributed by atoms with Crippen molar-refractivity contribution in [2.24, 2.45) is 0 Å². The minimum absolute atomic E-state index is 0.0714. The number of methoxy groups -OCH3 is 1. The molecule has 1 unspecified atom stereocenters. The minimum Gasteiger partial charge on any atom is -0.497 e. The van der Waals surface area contributed by atoms with Crippen molar-refractivity contribution in [2.75, 3.05) is 24.5 Å². The Hall–Kier alpha value is -4.63. The van der Waals surface area contributed by atoms with Crippen LogP contribution < -0.4 is 14.4 Å². The number of unbranched alkanes of at least 4 members (excludes halogenated alkanes) is 1. The molecule has 1 atom stereocenters. The molecule has 0 fully saturated rings. The number of nitrogens with one attached hydrogen (secondary N) is 1. The number of rotatable bonds is 15. The predicted molar refractivity (Wildman–Crippen MR) is 178 cm³/mol. The maximum Gasteiger partial charge on any atom is 0.264 e. The summed E-state index contributed by atoms with van der Waals surface area (Å²) in [6.07, 6.45) is 1.95. The van der Waals surface area contributed by atoms with E-state index in [2.05, 4.69) is 5.32 Å². The molecule has 1 N–H and O–H groups in total. The average Bonchev–Trinajstić information content (AvgIpc) is 3.06. The summed E-state index contributed by atoms with van der Waals surface area (Å²) >= 11 is 0. The number of carbonyl (C=O) groups excluding carboxylic acids is 2. The molecule has 8 nitrogen and oxygen atoms in total. The Labute approximate surface area is 266 Å². The second kappa shape index (κ2) is 15.9. The van der Waals surface area contributed by atoms with Gasteiger partial charge in [0.2, 0.25) is 11.8 Å². The van der Waals surface area contributed by atoms with Gasteiger partial charge >= 0.3 is 0 Å². The van der Waals surface area contributed by atoms with E-state index in [9.17, 15) is 18.0 Å². The molecule has 0 aliphatic rings. The smallest absolute Gasteiger partial charge is 0.264 e. The minimum atomic E-state index is -4.14. The van der Waals surface area contributed by atoms with Crippen LogP contribution >= 0.6 is 0 Å². The van der Waals surface area contributed by atoms with E-state index >= 15 is 0 Å². The van der Waals surface area contributed by atoms with Crippen LogP contribution in [0.4, 0.5) is 5.69 Å². The van der Waals surface area contributed by atoms with Crippen LogP contribution in [0.2, 0.25) is 0 Å². The third-order valence-electron chi connectivity index (χ3n) is 7.52. The molecule has 4 rings (SSSR count). The molecular formula is C36H41N3O5S. The molecule has 0 radical (unpaired) electrons. The normalized spacial score (nSPS) is 11.8. The molecular weight excluding hydrogens is 586 g/mol. The monoisotopic (exact) mass is 627 g/mol. The lowest BCUT2D eigenvalue weighted by Crippen LogP contribution is -2.53. The van der Waals surface area contributed by atoms with Gasteiger partial charge in [-0.05, 0) is 60.9 Å². The highest BCUT2D eigenvalue weighted by Crippen LogP contribution is 2.25. The van der Waals surface area contributed by atoms with Gasteiger partial charge in [-0.1, -0.05) is 91.7 Å². The Balaban J connectivity index is 1.78. The number of hydrogen-bond donors (Lipinski definition) is 1. The second-order valence-corrected chi connectivity index (χ2v) is 12.7. The number of ether oxygens (including phenoxy) is 1.